The molecule has 4 nitrogen and oxygen atoms in total. The number of likely N-dealkylation sites (N-methyl/N-ethyl adjacent to an activating group) is 1. The lowest BCUT2D eigenvalue weighted by atomic mass is 10.4. The molecule has 1 aromatic heterocycles. The van der Waals surface area contributed by atoms with Gasteiger partial charge in [0, 0.05) is 12.7 Å². The van der Waals surface area contributed by atoms with Crippen LogP contribution >= 0.6 is 0 Å². The summed E-state index contributed by atoms with van der Waals surface area (Å²) in [6.45, 7) is 6.73. The van der Waals surface area contributed by atoms with Crippen LogP contribution in [0.3, 0.4) is 0 Å². The van der Waals surface area contributed by atoms with Gasteiger partial charge in [-0.2, -0.15) is 0 Å². The van der Waals surface area contributed by atoms with Crippen molar-refractivity contribution in [2.75, 3.05) is 13.6 Å². The lowest BCUT2D eigenvalue weighted by Gasteiger charge is -2.17. The monoisotopic (exact) mass is 224 g/mol. The maximum atomic E-state index is 5.69. The number of hydrogen-bond donors (Lipinski definition) is 1. The third-order valence-corrected chi connectivity index (χ3v) is 1.90. The van der Waals surface area contributed by atoms with E-state index in [-0.39, 0.29) is 12.2 Å². The minimum Gasteiger partial charge on any atom is -0.485 e. The van der Waals surface area contributed by atoms with Crippen molar-refractivity contribution in [2.45, 2.75) is 33.0 Å². The molecule has 1 atom stereocenters. The molecule has 0 spiro atoms. The maximum Gasteiger partial charge on any atom is 0.257 e. The first-order valence-corrected chi connectivity index (χ1v) is 5.56. The van der Waals surface area contributed by atoms with Crippen LogP contribution < -0.4 is 14.8 Å². The van der Waals surface area contributed by atoms with Gasteiger partial charge in [-0.05, 0) is 40.0 Å². The van der Waals surface area contributed by atoms with E-state index in [0.717, 1.165) is 6.54 Å². The second-order valence-electron chi connectivity index (χ2n) is 3.96. The van der Waals surface area contributed by atoms with Crippen molar-refractivity contribution < 1.29 is 9.47 Å². The number of pyridine rings is 1. The molecule has 0 aromatic carbocycles. The first-order chi connectivity index (χ1) is 7.63. The van der Waals surface area contributed by atoms with E-state index in [1.165, 1.54) is 0 Å². The lowest BCUT2D eigenvalue weighted by Crippen LogP contribution is -2.26. The molecule has 0 amide bonds. The molecule has 1 aromatic rings. The van der Waals surface area contributed by atoms with Gasteiger partial charge in [0.2, 0.25) is 0 Å². The van der Waals surface area contributed by atoms with Crippen molar-refractivity contribution in [1.82, 2.24) is 10.3 Å². The van der Waals surface area contributed by atoms with Crippen molar-refractivity contribution in [2.24, 2.45) is 0 Å². The Morgan fingerprint density at radius 2 is 2.06 bits per heavy atom. The first kappa shape index (κ1) is 12.8. The van der Waals surface area contributed by atoms with Crippen molar-refractivity contribution in [3.8, 4) is 11.6 Å². The molecule has 0 saturated carbocycles. The summed E-state index contributed by atoms with van der Waals surface area (Å²) in [7, 11) is 1.89. The second kappa shape index (κ2) is 6.33. The standard InChI is InChI=1S/C12H20N2O2/c1-9(2)15-11-6-5-7-14-12(11)16-10(3)8-13-4/h5-7,9-10,13H,8H2,1-4H3. The summed E-state index contributed by atoms with van der Waals surface area (Å²) in [5.41, 5.74) is 0. The summed E-state index contributed by atoms with van der Waals surface area (Å²) in [4.78, 5) is 4.18. The van der Waals surface area contributed by atoms with Crippen LogP contribution in [-0.4, -0.2) is 30.8 Å². The molecule has 0 aliphatic carbocycles. The average Bonchev–Trinajstić information content (AvgIpc) is 2.20. The first-order valence-electron chi connectivity index (χ1n) is 5.56. The Kier molecular flexibility index (Phi) is 5.05. The van der Waals surface area contributed by atoms with Gasteiger partial charge in [0.15, 0.2) is 5.75 Å². The van der Waals surface area contributed by atoms with E-state index >= 15 is 0 Å². The van der Waals surface area contributed by atoms with Crippen LogP contribution in [0.5, 0.6) is 11.6 Å². The summed E-state index contributed by atoms with van der Waals surface area (Å²) in [6.07, 6.45) is 1.88. The van der Waals surface area contributed by atoms with Crippen LogP contribution in [0.2, 0.25) is 0 Å². The number of rotatable bonds is 6. The summed E-state index contributed by atoms with van der Waals surface area (Å²) in [5.74, 6) is 1.25. The molecule has 0 bridgehead atoms. The third kappa shape index (κ3) is 4.06. The molecule has 16 heavy (non-hydrogen) atoms. The Morgan fingerprint density at radius 3 is 2.69 bits per heavy atom. The molecule has 1 heterocycles. The molecule has 0 radical (unpaired) electrons. The Morgan fingerprint density at radius 1 is 1.31 bits per heavy atom. The second-order valence-corrected chi connectivity index (χ2v) is 3.96. The molecular weight excluding hydrogens is 204 g/mol. The van der Waals surface area contributed by atoms with Crippen LogP contribution in [-0.2, 0) is 0 Å². The molecule has 1 N–H and O–H groups in total. The zero-order valence-corrected chi connectivity index (χ0v) is 10.4. The van der Waals surface area contributed by atoms with Crippen LogP contribution in [0.4, 0.5) is 0 Å². The van der Waals surface area contributed by atoms with Crippen LogP contribution in [0.25, 0.3) is 0 Å². The Labute approximate surface area is 97.0 Å². The SMILES string of the molecule is CNCC(C)Oc1ncccc1OC(C)C. The topological polar surface area (TPSA) is 43.4 Å². The van der Waals surface area contributed by atoms with Gasteiger partial charge < -0.3 is 14.8 Å². The molecule has 1 rings (SSSR count). The summed E-state index contributed by atoms with van der Waals surface area (Å²) < 4.78 is 11.3. The van der Waals surface area contributed by atoms with E-state index in [9.17, 15) is 0 Å². The van der Waals surface area contributed by atoms with Crippen molar-refractivity contribution in [3.05, 3.63) is 18.3 Å². The molecule has 90 valence electrons. The molecular formula is C12H20N2O2. The van der Waals surface area contributed by atoms with E-state index < -0.39 is 0 Å². The summed E-state index contributed by atoms with van der Waals surface area (Å²) in [5, 5.41) is 3.05. The summed E-state index contributed by atoms with van der Waals surface area (Å²) in [6, 6.07) is 3.71. The highest BCUT2D eigenvalue weighted by Crippen LogP contribution is 2.25. The highest BCUT2D eigenvalue weighted by atomic mass is 16.5. The van der Waals surface area contributed by atoms with Crippen LogP contribution in [0, 0.1) is 0 Å². The molecule has 1 unspecified atom stereocenters. The van der Waals surface area contributed by atoms with Crippen molar-refractivity contribution in [1.29, 1.82) is 0 Å². The lowest BCUT2D eigenvalue weighted by molar-refractivity contribution is 0.181. The largest absolute Gasteiger partial charge is 0.485 e. The van der Waals surface area contributed by atoms with Gasteiger partial charge in [0.05, 0.1) is 6.10 Å². The predicted octanol–water partition coefficient (Wildman–Crippen LogP) is 1.86. The molecule has 0 aliphatic heterocycles. The van der Waals surface area contributed by atoms with Gasteiger partial charge in [-0.1, -0.05) is 0 Å². The third-order valence-electron chi connectivity index (χ3n) is 1.90. The normalized spacial score (nSPS) is 12.6. The molecule has 0 fully saturated rings. The minimum absolute atomic E-state index is 0.0643. The zero-order valence-electron chi connectivity index (χ0n) is 10.4. The zero-order chi connectivity index (χ0) is 12.0. The van der Waals surface area contributed by atoms with Crippen LogP contribution in [0.15, 0.2) is 18.3 Å². The van der Waals surface area contributed by atoms with Crippen LogP contribution in [0.1, 0.15) is 20.8 Å². The number of nitrogens with zero attached hydrogens (tertiary/aromatic N) is 1. The minimum atomic E-state index is 0.0643. The van der Waals surface area contributed by atoms with E-state index in [0.29, 0.717) is 11.6 Å². The number of aromatic nitrogens is 1. The van der Waals surface area contributed by atoms with E-state index in [1.54, 1.807) is 6.20 Å². The predicted molar refractivity (Wildman–Crippen MR) is 64.0 cm³/mol. The fourth-order valence-corrected chi connectivity index (χ4v) is 1.33. The maximum absolute atomic E-state index is 5.69. The van der Waals surface area contributed by atoms with Gasteiger partial charge in [-0.15, -0.1) is 0 Å². The Balaban J connectivity index is 2.70. The fourth-order valence-electron chi connectivity index (χ4n) is 1.33. The van der Waals surface area contributed by atoms with Crippen molar-refractivity contribution >= 4 is 0 Å². The van der Waals surface area contributed by atoms with Gasteiger partial charge in [-0.25, -0.2) is 4.98 Å². The van der Waals surface area contributed by atoms with Gasteiger partial charge in [-0.3, -0.25) is 0 Å². The number of nitrogens with one attached hydrogen (secondary N) is 1. The highest BCUT2D eigenvalue weighted by molar-refractivity contribution is 5.32. The number of hydrogen-bond acceptors (Lipinski definition) is 4. The Bertz CT molecular complexity index is 316. The molecule has 4 heteroatoms. The smallest absolute Gasteiger partial charge is 0.257 e. The van der Waals surface area contributed by atoms with Crippen molar-refractivity contribution in [3.63, 3.8) is 0 Å². The van der Waals surface area contributed by atoms with Gasteiger partial charge >= 0.3 is 0 Å². The van der Waals surface area contributed by atoms with E-state index in [1.807, 2.05) is 40.0 Å². The fraction of sp³-hybridized carbons (Fsp3) is 0.583. The number of ether oxygens (including phenoxy) is 2. The highest BCUT2D eigenvalue weighted by Gasteiger charge is 2.10. The Hall–Kier alpha value is -1.29. The average molecular weight is 224 g/mol. The quantitative estimate of drug-likeness (QED) is 0.801. The molecule has 0 saturated heterocycles. The molecule has 0 aliphatic rings. The summed E-state index contributed by atoms with van der Waals surface area (Å²) >= 11 is 0. The van der Waals surface area contributed by atoms with E-state index in [4.69, 9.17) is 9.47 Å². The van der Waals surface area contributed by atoms with E-state index in [2.05, 4.69) is 10.3 Å². The van der Waals surface area contributed by atoms with Gasteiger partial charge in [0.1, 0.15) is 6.10 Å². The van der Waals surface area contributed by atoms with Gasteiger partial charge in [0.25, 0.3) is 5.88 Å².